The molecule has 0 bridgehead atoms. The Hall–Kier alpha value is -3.44. The number of ether oxygens (including phenoxy) is 2. The third-order valence-electron chi connectivity index (χ3n) is 8.06. The first-order valence-corrected chi connectivity index (χ1v) is 20.4. The SMILES string of the molecule is CC/C=C\C/C=C\C/C=C\C/C=C\C/C=C\C/C=C\CCCCCCCCC(=O)OC(CO)COC(=O)CCCCC/C=C\C/C=C\C/C=C\CC. The van der Waals surface area contributed by atoms with E-state index in [1.165, 1.54) is 19.3 Å². The molecule has 1 atom stereocenters. The molecule has 292 valence electrons. The van der Waals surface area contributed by atoms with Crippen molar-refractivity contribution in [3.05, 3.63) is 109 Å². The van der Waals surface area contributed by atoms with E-state index in [4.69, 9.17) is 9.47 Å². The Balaban J connectivity index is 3.67. The van der Waals surface area contributed by atoms with E-state index < -0.39 is 6.10 Å². The monoisotopic (exact) mass is 719 g/mol. The lowest BCUT2D eigenvalue weighted by Gasteiger charge is -2.15. The molecule has 0 amide bonds. The number of aliphatic hydroxyl groups is 1. The van der Waals surface area contributed by atoms with Crippen molar-refractivity contribution in [2.45, 2.75) is 161 Å². The average Bonchev–Trinajstić information content (AvgIpc) is 3.15. The summed E-state index contributed by atoms with van der Waals surface area (Å²) in [6.07, 6.45) is 60.1. The number of carbonyl (C=O) groups excluding carboxylic acids is 2. The summed E-state index contributed by atoms with van der Waals surface area (Å²) in [5, 5.41) is 9.56. The Bertz CT molecular complexity index is 1090. The zero-order valence-corrected chi connectivity index (χ0v) is 33.0. The number of allylic oxidation sites excluding steroid dienone is 18. The molecule has 0 aliphatic rings. The van der Waals surface area contributed by atoms with Gasteiger partial charge in [-0.15, -0.1) is 0 Å². The highest BCUT2D eigenvalue weighted by Crippen LogP contribution is 2.11. The summed E-state index contributed by atoms with van der Waals surface area (Å²) >= 11 is 0. The number of rotatable bonds is 35. The minimum absolute atomic E-state index is 0.0949. The molecule has 1 unspecified atom stereocenters. The van der Waals surface area contributed by atoms with E-state index in [-0.39, 0.29) is 25.2 Å². The van der Waals surface area contributed by atoms with E-state index in [1.807, 2.05) is 0 Å². The standard InChI is InChI=1S/C47H74O5/c1-3-5-7-9-11-13-15-17-18-19-20-21-22-23-24-25-26-27-28-30-32-34-36-38-40-42-47(50)52-45(43-48)44-51-46(49)41-39-37-35-33-31-29-16-14-12-10-8-6-4-2/h5-8,11-14,17-18,20-21,23-24,26-27,29,31,45,48H,3-4,9-10,15-16,19,22,25,28,30,32-44H2,1-2H3/b7-5-,8-6-,13-11-,14-12-,18-17-,21-20-,24-23-,27-26-,31-29-. The van der Waals surface area contributed by atoms with Crippen molar-refractivity contribution in [3.8, 4) is 0 Å². The summed E-state index contributed by atoms with van der Waals surface area (Å²) in [6.45, 7) is 3.84. The van der Waals surface area contributed by atoms with Gasteiger partial charge in [0.15, 0.2) is 6.10 Å². The van der Waals surface area contributed by atoms with Gasteiger partial charge in [0.2, 0.25) is 0 Å². The lowest BCUT2D eigenvalue weighted by atomic mass is 10.1. The van der Waals surface area contributed by atoms with Crippen LogP contribution < -0.4 is 0 Å². The van der Waals surface area contributed by atoms with Gasteiger partial charge >= 0.3 is 11.9 Å². The van der Waals surface area contributed by atoms with Crippen molar-refractivity contribution in [1.82, 2.24) is 0 Å². The topological polar surface area (TPSA) is 72.8 Å². The summed E-state index contributed by atoms with van der Waals surface area (Å²) in [4.78, 5) is 24.3. The third-order valence-corrected chi connectivity index (χ3v) is 8.06. The van der Waals surface area contributed by atoms with E-state index in [1.54, 1.807) is 0 Å². The predicted octanol–water partition coefficient (Wildman–Crippen LogP) is 13.1. The van der Waals surface area contributed by atoms with Crippen LogP contribution in [0.1, 0.15) is 155 Å². The van der Waals surface area contributed by atoms with Crippen LogP contribution in [0.2, 0.25) is 0 Å². The first kappa shape index (κ1) is 48.6. The van der Waals surface area contributed by atoms with E-state index in [0.717, 1.165) is 109 Å². The molecule has 0 rings (SSSR count). The Labute approximate surface area is 319 Å². The van der Waals surface area contributed by atoms with Crippen molar-refractivity contribution in [2.24, 2.45) is 0 Å². The molecule has 0 aromatic rings. The fourth-order valence-electron chi connectivity index (χ4n) is 5.04. The summed E-state index contributed by atoms with van der Waals surface area (Å²) in [6, 6.07) is 0. The van der Waals surface area contributed by atoms with Crippen molar-refractivity contribution >= 4 is 11.9 Å². The second kappa shape index (κ2) is 42.0. The number of unbranched alkanes of at least 4 members (excludes halogenated alkanes) is 9. The van der Waals surface area contributed by atoms with E-state index in [2.05, 4.69) is 123 Å². The summed E-state index contributed by atoms with van der Waals surface area (Å²) in [7, 11) is 0. The number of aliphatic hydroxyl groups excluding tert-OH is 1. The second-order valence-corrected chi connectivity index (χ2v) is 12.9. The molecule has 0 spiro atoms. The van der Waals surface area contributed by atoms with Gasteiger partial charge in [-0.3, -0.25) is 9.59 Å². The lowest BCUT2D eigenvalue weighted by molar-refractivity contribution is -0.161. The normalized spacial score (nSPS) is 13.4. The third kappa shape index (κ3) is 39.3. The highest BCUT2D eigenvalue weighted by molar-refractivity contribution is 5.70. The Morgan fingerprint density at radius 2 is 0.769 bits per heavy atom. The van der Waals surface area contributed by atoms with Gasteiger partial charge in [0, 0.05) is 12.8 Å². The molecule has 0 radical (unpaired) electrons. The van der Waals surface area contributed by atoms with Gasteiger partial charge in [-0.05, 0) is 96.3 Å². The van der Waals surface area contributed by atoms with Crippen molar-refractivity contribution in [3.63, 3.8) is 0 Å². The first-order valence-electron chi connectivity index (χ1n) is 20.4. The molecular formula is C47H74O5. The maximum atomic E-state index is 12.2. The van der Waals surface area contributed by atoms with Crippen LogP contribution in [0.4, 0.5) is 0 Å². The quantitative estimate of drug-likeness (QED) is 0.0401. The fourth-order valence-corrected chi connectivity index (χ4v) is 5.04. The van der Waals surface area contributed by atoms with Crippen molar-refractivity contribution in [2.75, 3.05) is 13.2 Å². The maximum Gasteiger partial charge on any atom is 0.306 e. The summed E-state index contributed by atoms with van der Waals surface area (Å²) in [5.74, 6) is -0.655. The Kier molecular flexibility index (Phi) is 39.2. The Morgan fingerprint density at radius 3 is 1.17 bits per heavy atom. The van der Waals surface area contributed by atoms with Crippen LogP contribution in [0.15, 0.2) is 109 Å². The van der Waals surface area contributed by atoms with Gasteiger partial charge < -0.3 is 14.6 Å². The van der Waals surface area contributed by atoms with Gasteiger partial charge in [0.05, 0.1) is 6.61 Å². The molecular weight excluding hydrogens is 645 g/mol. The molecule has 0 aromatic carbocycles. The minimum Gasteiger partial charge on any atom is -0.462 e. The van der Waals surface area contributed by atoms with Crippen LogP contribution in [0, 0.1) is 0 Å². The highest BCUT2D eigenvalue weighted by atomic mass is 16.6. The second-order valence-electron chi connectivity index (χ2n) is 12.9. The number of carbonyl (C=O) groups is 2. The molecule has 0 heterocycles. The molecule has 1 N–H and O–H groups in total. The molecule has 52 heavy (non-hydrogen) atoms. The molecule has 0 aliphatic heterocycles. The van der Waals surface area contributed by atoms with Crippen LogP contribution in [-0.4, -0.2) is 36.4 Å². The molecule has 0 saturated carbocycles. The van der Waals surface area contributed by atoms with Crippen LogP contribution in [-0.2, 0) is 19.1 Å². The largest absolute Gasteiger partial charge is 0.462 e. The van der Waals surface area contributed by atoms with Gasteiger partial charge in [-0.25, -0.2) is 0 Å². The van der Waals surface area contributed by atoms with E-state index >= 15 is 0 Å². The first-order chi connectivity index (χ1) is 25.6. The number of hydrogen-bond donors (Lipinski definition) is 1. The summed E-state index contributed by atoms with van der Waals surface area (Å²) < 4.78 is 10.6. The minimum atomic E-state index is -0.799. The van der Waals surface area contributed by atoms with Crippen LogP contribution >= 0.6 is 0 Å². The molecule has 0 aliphatic carbocycles. The van der Waals surface area contributed by atoms with Gasteiger partial charge in [-0.1, -0.05) is 155 Å². The van der Waals surface area contributed by atoms with E-state index in [9.17, 15) is 14.7 Å². The predicted molar refractivity (Wildman–Crippen MR) is 223 cm³/mol. The average molecular weight is 719 g/mol. The molecule has 0 aromatic heterocycles. The smallest absolute Gasteiger partial charge is 0.306 e. The van der Waals surface area contributed by atoms with Crippen molar-refractivity contribution < 1.29 is 24.2 Å². The van der Waals surface area contributed by atoms with Crippen LogP contribution in [0.3, 0.4) is 0 Å². The molecule has 0 fully saturated rings. The number of hydrogen-bond acceptors (Lipinski definition) is 5. The van der Waals surface area contributed by atoms with Crippen molar-refractivity contribution in [1.29, 1.82) is 0 Å². The molecule has 0 saturated heterocycles. The zero-order valence-electron chi connectivity index (χ0n) is 33.0. The van der Waals surface area contributed by atoms with E-state index in [0.29, 0.717) is 12.8 Å². The number of esters is 2. The molecule has 5 heteroatoms. The Morgan fingerprint density at radius 1 is 0.442 bits per heavy atom. The lowest BCUT2D eigenvalue weighted by Crippen LogP contribution is -2.28. The summed E-state index contributed by atoms with van der Waals surface area (Å²) in [5.41, 5.74) is 0. The van der Waals surface area contributed by atoms with Gasteiger partial charge in [0.1, 0.15) is 6.61 Å². The zero-order chi connectivity index (χ0) is 37.8. The molecule has 5 nitrogen and oxygen atoms in total. The van der Waals surface area contributed by atoms with Crippen LogP contribution in [0.25, 0.3) is 0 Å². The highest BCUT2D eigenvalue weighted by Gasteiger charge is 2.16. The fraction of sp³-hybridized carbons (Fsp3) is 0.574. The van der Waals surface area contributed by atoms with Gasteiger partial charge in [-0.2, -0.15) is 0 Å². The van der Waals surface area contributed by atoms with Gasteiger partial charge in [0.25, 0.3) is 0 Å². The van der Waals surface area contributed by atoms with Crippen LogP contribution in [0.5, 0.6) is 0 Å². The maximum absolute atomic E-state index is 12.2.